The predicted molar refractivity (Wildman–Crippen MR) is 75.4 cm³/mol. The molecule has 3 rings (SSSR count). The summed E-state index contributed by atoms with van der Waals surface area (Å²) >= 11 is 0. The molecule has 0 saturated carbocycles. The highest BCUT2D eigenvalue weighted by atomic mass is 19.4. The van der Waals surface area contributed by atoms with Crippen molar-refractivity contribution < 1.29 is 27.4 Å². The highest BCUT2D eigenvalue weighted by molar-refractivity contribution is 5.35. The molecule has 7 heteroatoms. The average Bonchev–Trinajstić information content (AvgIpc) is 2.41. The number of piperidine rings is 2. The number of alkyl halides is 3. The molecule has 0 aliphatic carbocycles. The van der Waals surface area contributed by atoms with Crippen LogP contribution in [0.5, 0.6) is 5.75 Å². The lowest BCUT2D eigenvalue weighted by atomic mass is 9.72. The van der Waals surface area contributed by atoms with Crippen LogP contribution >= 0.6 is 0 Å². The van der Waals surface area contributed by atoms with E-state index >= 15 is 0 Å². The van der Waals surface area contributed by atoms with E-state index in [2.05, 4.69) is 9.64 Å². The van der Waals surface area contributed by atoms with Crippen molar-refractivity contribution in [2.45, 2.75) is 56.2 Å². The molecule has 2 aliphatic rings. The van der Waals surface area contributed by atoms with Gasteiger partial charge in [-0.05, 0) is 50.9 Å². The number of rotatable bonds is 2. The van der Waals surface area contributed by atoms with Gasteiger partial charge in [-0.15, -0.1) is 13.2 Å². The fourth-order valence-electron chi connectivity index (χ4n) is 3.93. The van der Waals surface area contributed by atoms with E-state index in [9.17, 15) is 22.7 Å². The van der Waals surface area contributed by atoms with Crippen molar-refractivity contribution in [3.8, 4) is 5.75 Å². The lowest BCUT2D eigenvalue weighted by Crippen LogP contribution is -2.55. The third-order valence-corrected chi connectivity index (χ3v) is 5.05. The molecule has 128 valence electrons. The Labute approximate surface area is 131 Å². The van der Waals surface area contributed by atoms with Crippen LogP contribution in [0.2, 0.25) is 0 Å². The second-order valence-electron chi connectivity index (χ2n) is 6.53. The zero-order chi connectivity index (χ0) is 16.8. The predicted octanol–water partition coefficient (Wildman–Crippen LogP) is 3.56. The third-order valence-electron chi connectivity index (χ3n) is 5.05. The molecule has 2 fully saturated rings. The van der Waals surface area contributed by atoms with Gasteiger partial charge in [-0.2, -0.15) is 0 Å². The molecule has 1 aromatic carbocycles. The van der Waals surface area contributed by atoms with Gasteiger partial charge in [-0.25, -0.2) is 4.39 Å². The van der Waals surface area contributed by atoms with E-state index in [1.54, 1.807) is 0 Å². The molecule has 23 heavy (non-hydrogen) atoms. The molecule has 1 N–H and O–H groups in total. The van der Waals surface area contributed by atoms with E-state index < -0.39 is 23.5 Å². The van der Waals surface area contributed by atoms with Crippen molar-refractivity contribution in [3.63, 3.8) is 0 Å². The van der Waals surface area contributed by atoms with E-state index in [1.165, 1.54) is 0 Å². The monoisotopic (exact) mass is 333 g/mol. The second-order valence-corrected chi connectivity index (χ2v) is 6.53. The summed E-state index contributed by atoms with van der Waals surface area (Å²) in [5.41, 5.74) is -1.57. The number of halogens is 4. The lowest BCUT2D eigenvalue weighted by Gasteiger charge is -2.50. The van der Waals surface area contributed by atoms with Crippen molar-refractivity contribution in [2.24, 2.45) is 0 Å². The molecular weight excluding hydrogens is 314 g/mol. The van der Waals surface area contributed by atoms with Gasteiger partial charge in [0.25, 0.3) is 0 Å². The maximum Gasteiger partial charge on any atom is 0.573 e. The van der Waals surface area contributed by atoms with Gasteiger partial charge in [-0.1, -0.05) is 6.42 Å². The summed E-state index contributed by atoms with van der Waals surface area (Å²) in [7, 11) is 1.98. The Morgan fingerprint density at radius 3 is 2.39 bits per heavy atom. The Hall–Kier alpha value is -1.34. The van der Waals surface area contributed by atoms with Crippen LogP contribution in [0.15, 0.2) is 18.2 Å². The van der Waals surface area contributed by atoms with Gasteiger partial charge in [0.1, 0.15) is 11.6 Å². The largest absolute Gasteiger partial charge is 0.573 e. The molecule has 3 nitrogen and oxygen atoms in total. The number of nitrogens with zero attached hydrogens (tertiary/aromatic N) is 1. The average molecular weight is 333 g/mol. The van der Waals surface area contributed by atoms with Gasteiger partial charge in [0, 0.05) is 17.6 Å². The lowest BCUT2D eigenvalue weighted by molar-refractivity contribution is -0.274. The Morgan fingerprint density at radius 1 is 1.22 bits per heavy atom. The van der Waals surface area contributed by atoms with Crippen molar-refractivity contribution in [3.05, 3.63) is 29.6 Å². The summed E-state index contributed by atoms with van der Waals surface area (Å²) in [6.45, 7) is 0. The quantitative estimate of drug-likeness (QED) is 0.840. The smallest absolute Gasteiger partial charge is 0.406 e. The SMILES string of the molecule is CN1C2CCCC1CC(O)(c1cc(OC(F)(F)F)ccc1F)C2. The molecule has 2 heterocycles. The Morgan fingerprint density at radius 2 is 1.83 bits per heavy atom. The molecule has 2 saturated heterocycles. The van der Waals surface area contributed by atoms with Crippen LogP contribution in [0.4, 0.5) is 17.6 Å². The normalized spacial score (nSPS) is 31.9. The number of hydrogen-bond donors (Lipinski definition) is 1. The van der Waals surface area contributed by atoms with E-state index in [-0.39, 0.29) is 17.6 Å². The highest BCUT2D eigenvalue weighted by Crippen LogP contribution is 2.45. The Bertz CT molecular complexity index is 576. The summed E-state index contributed by atoms with van der Waals surface area (Å²) < 4.78 is 55.2. The van der Waals surface area contributed by atoms with E-state index in [4.69, 9.17) is 0 Å². The van der Waals surface area contributed by atoms with Crippen molar-refractivity contribution in [1.29, 1.82) is 0 Å². The van der Waals surface area contributed by atoms with Crippen LogP contribution in [0.3, 0.4) is 0 Å². The molecule has 2 unspecified atom stereocenters. The number of fused-ring (bicyclic) bond motifs is 2. The first-order chi connectivity index (χ1) is 10.7. The summed E-state index contributed by atoms with van der Waals surface area (Å²) in [4.78, 5) is 2.19. The van der Waals surface area contributed by atoms with Crippen molar-refractivity contribution in [1.82, 2.24) is 4.90 Å². The molecule has 0 spiro atoms. The van der Waals surface area contributed by atoms with Gasteiger partial charge >= 0.3 is 6.36 Å². The van der Waals surface area contributed by atoms with Crippen LogP contribution in [-0.4, -0.2) is 35.5 Å². The first kappa shape index (κ1) is 16.5. The fraction of sp³-hybridized carbons (Fsp3) is 0.625. The molecule has 2 atom stereocenters. The third kappa shape index (κ3) is 3.30. The Balaban J connectivity index is 1.92. The van der Waals surface area contributed by atoms with E-state index in [0.29, 0.717) is 12.8 Å². The van der Waals surface area contributed by atoms with Crippen molar-refractivity contribution >= 4 is 0 Å². The van der Waals surface area contributed by atoms with Gasteiger partial charge in [0.15, 0.2) is 0 Å². The first-order valence-electron chi connectivity index (χ1n) is 7.68. The van der Waals surface area contributed by atoms with E-state index in [0.717, 1.165) is 37.5 Å². The zero-order valence-electron chi connectivity index (χ0n) is 12.7. The maximum atomic E-state index is 14.2. The van der Waals surface area contributed by atoms with E-state index in [1.807, 2.05) is 7.05 Å². The number of aliphatic hydroxyl groups is 1. The topological polar surface area (TPSA) is 32.7 Å². The van der Waals surface area contributed by atoms with Crippen LogP contribution in [0, 0.1) is 5.82 Å². The van der Waals surface area contributed by atoms with Crippen LogP contribution in [0.25, 0.3) is 0 Å². The van der Waals surface area contributed by atoms with Crippen LogP contribution in [-0.2, 0) is 5.60 Å². The van der Waals surface area contributed by atoms with Crippen LogP contribution < -0.4 is 4.74 Å². The molecule has 2 bridgehead atoms. The zero-order valence-corrected chi connectivity index (χ0v) is 12.7. The summed E-state index contributed by atoms with van der Waals surface area (Å²) in [5.74, 6) is -1.21. The molecule has 0 radical (unpaired) electrons. The minimum absolute atomic E-state index is 0.107. The highest BCUT2D eigenvalue weighted by Gasteiger charge is 2.46. The molecule has 0 aromatic heterocycles. The number of ether oxygens (including phenoxy) is 1. The van der Waals surface area contributed by atoms with Gasteiger partial charge in [0.2, 0.25) is 0 Å². The van der Waals surface area contributed by atoms with Gasteiger partial charge in [-0.3, -0.25) is 0 Å². The summed E-state index contributed by atoms with van der Waals surface area (Å²) in [6, 6.07) is 3.04. The molecule has 0 amide bonds. The minimum Gasteiger partial charge on any atom is -0.406 e. The summed E-state index contributed by atoms with van der Waals surface area (Å²) in [5, 5.41) is 11.0. The fourth-order valence-corrected chi connectivity index (χ4v) is 3.93. The molecular formula is C16H19F4NO2. The maximum absolute atomic E-state index is 14.2. The van der Waals surface area contributed by atoms with Crippen molar-refractivity contribution in [2.75, 3.05) is 7.05 Å². The second kappa shape index (κ2) is 5.63. The minimum atomic E-state index is -4.85. The standard InChI is InChI=1S/C16H19F4NO2/c1-21-10-3-2-4-11(21)9-15(22,8-10)13-7-12(5-6-14(13)17)23-16(18,19)20/h5-7,10-11,22H,2-4,8-9H2,1H3. The summed E-state index contributed by atoms with van der Waals surface area (Å²) in [6.07, 6.45) is -1.37. The van der Waals surface area contributed by atoms with Crippen LogP contribution in [0.1, 0.15) is 37.7 Å². The first-order valence-corrected chi connectivity index (χ1v) is 7.68. The van der Waals surface area contributed by atoms with Gasteiger partial charge < -0.3 is 14.7 Å². The van der Waals surface area contributed by atoms with Gasteiger partial charge in [0.05, 0.1) is 5.60 Å². The number of benzene rings is 1. The molecule has 2 aliphatic heterocycles. The Kier molecular flexibility index (Phi) is 4.04. The number of hydrogen-bond acceptors (Lipinski definition) is 3. The molecule has 1 aromatic rings.